The fourth-order valence-electron chi connectivity index (χ4n) is 4.30. The first kappa shape index (κ1) is 19.8. The number of hydrogen-bond donors (Lipinski definition) is 1. The topological polar surface area (TPSA) is 52.7 Å². The summed E-state index contributed by atoms with van der Waals surface area (Å²) in [5.41, 5.74) is 0.856. The number of carbonyl (C=O) groups is 2. The molecule has 148 valence electrons. The number of carbonyl (C=O) groups excluding carboxylic acids is 2. The van der Waals surface area contributed by atoms with Crippen molar-refractivity contribution in [1.82, 2.24) is 15.1 Å². The Morgan fingerprint density at radius 3 is 2.67 bits per heavy atom. The Bertz CT molecular complexity index is 662. The highest BCUT2D eigenvalue weighted by atomic mass is 19.1. The van der Waals surface area contributed by atoms with Crippen molar-refractivity contribution in [1.29, 1.82) is 0 Å². The van der Waals surface area contributed by atoms with Crippen LogP contribution in [0.25, 0.3) is 0 Å². The van der Waals surface area contributed by atoms with Gasteiger partial charge in [0.2, 0.25) is 11.8 Å². The minimum Gasteiger partial charge on any atom is -0.349 e. The Morgan fingerprint density at radius 1 is 1.22 bits per heavy atom. The largest absolute Gasteiger partial charge is 0.349 e. The highest BCUT2D eigenvalue weighted by Gasteiger charge is 2.37. The van der Waals surface area contributed by atoms with Crippen molar-refractivity contribution in [2.75, 3.05) is 33.7 Å². The second-order valence-electron chi connectivity index (χ2n) is 8.16. The molecule has 0 radical (unpaired) electrons. The van der Waals surface area contributed by atoms with E-state index >= 15 is 0 Å². The van der Waals surface area contributed by atoms with Crippen LogP contribution in [-0.4, -0.2) is 61.4 Å². The fourth-order valence-corrected chi connectivity index (χ4v) is 4.30. The van der Waals surface area contributed by atoms with Crippen LogP contribution in [0.2, 0.25) is 0 Å². The monoisotopic (exact) mass is 375 g/mol. The number of rotatable bonds is 6. The van der Waals surface area contributed by atoms with Crippen LogP contribution in [-0.2, 0) is 16.0 Å². The Balaban J connectivity index is 1.52. The van der Waals surface area contributed by atoms with E-state index in [4.69, 9.17) is 0 Å². The molecule has 27 heavy (non-hydrogen) atoms. The molecule has 6 heteroatoms. The molecule has 2 fully saturated rings. The van der Waals surface area contributed by atoms with Gasteiger partial charge in [-0.1, -0.05) is 12.1 Å². The zero-order valence-electron chi connectivity index (χ0n) is 16.3. The zero-order chi connectivity index (χ0) is 19.4. The molecule has 3 atom stereocenters. The molecule has 0 aromatic heterocycles. The van der Waals surface area contributed by atoms with Crippen molar-refractivity contribution in [2.24, 2.45) is 11.8 Å². The highest BCUT2D eigenvalue weighted by molar-refractivity contribution is 5.79. The Kier molecular flexibility index (Phi) is 6.47. The van der Waals surface area contributed by atoms with Crippen LogP contribution in [0.4, 0.5) is 4.39 Å². The van der Waals surface area contributed by atoms with Gasteiger partial charge in [0.1, 0.15) is 5.82 Å². The lowest BCUT2D eigenvalue weighted by Gasteiger charge is -2.46. The molecular formula is C21H30FN3O2. The number of likely N-dealkylation sites (tertiary alicyclic amines) is 1. The fraction of sp³-hybridized carbons (Fsp3) is 0.619. The molecule has 5 nitrogen and oxygen atoms in total. The number of nitrogens with zero attached hydrogens (tertiary/aromatic N) is 2. The number of nitrogens with one attached hydrogen (secondary N) is 1. The van der Waals surface area contributed by atoms with Crippen LogP contribution in [0.5, 0.6) is 0 Å². The lowest BCUT2D eigenvalue weighted by molar-refractivity contribution is -0.134. The van der Waals surface area contributed by atoms with Gasteiger partial charge in [-0.2, -0.15) is 0 Å². The van der Waals surface area contributed by atoms with E-state index in [9.17, 15) is 14.0 Å². The number of halogens is 1. The molecule has 1 aromatic carbocycles. The average Bonchev–Trinajstić information content (AvgIpc) is 2.65. The maximum Gasteiger partial charge on any atom is 0.227 e. The summed E-state index contributed by atoms with van der Waals surface area (Å²) in [6.45, 7) is 2.51. The van der Waals surface area contributed by atoms with Crippen LogP contribution < -0.4 is 5.32 Å². The van der Waals surface area contributed by atoms with E-state index < -0.39 is 0 Å². The maximum atomic E-state index is 13.0. The molecule has 2 bridgehead atoms. The van der Waals surface area contributed by atoms with E-state index in [-0.39, 0.29) is 17.6 Å². The summed E-state index contributed by atoms with van der Waals surface area (Å²) in [4.78, 5) is 28.1. The minimum atomic E-state index is -0.277. The van der Waals surface area contributed by atoms with Crippen LogP contribution in [0.1, 0.15) is 31.2 Å². The van der Waals surface area contributed by atoms with Gasteiger partial charge in [0.15, 0.2) is 0 Å². The Labute approximate surface area is 160 Å². The van der Waals surface area contributed by atoms with Crippen LogP contribution >= 0.6 is 0 Å². The van der Waals surface area contributed by atoms with Gasteiger partial charge in [0.05, 0.1) is 6.42 Å². The first-order valence-corrected chi connectivity index (χ1v) is 9.88. The van der Waals surface area contributed by atoms with Gasteiger partial charge in [0.25, 0.3) is 0 Å². The third kappa shape index (κ3) is 5.28. The quantitative estimate of drug-likeness (QED) is 0.828. The smallest absolute Gasteiger partial charge is 0.227 e. The number of amides is 2. The van der Waals surface area contributed by atoms with Crippen molar-refractivity contribution >= 4 is 11.8 Å². The molecule has 2 aliphatic heterocycles. The summed E-state index contributed by atoms with van der Waals surface area (Å²) in [6, 6.07) is 6.55. The number of fused-ring (bicyclic) bond motifs is 2. The predicted molar refractivity (Wildman–Crippen MR) is 103 cm³/mol. The SMILES string of the molecule is CN(C)C(=O)CCC[C@H]1NC[C@@H]2C[C@@H]1CN(C(=O)Cc1ccc(F)cc1)C2. The van der Waals surface area contributed by atoms with Crippen molar-refractivity contribution in [2.45, 2.75) is 38.1 Å². The van der Waals surface area contributed by atoms with Gasteiger partial charge in [-0.25, -0.2) is 4.39 Å². The molecule has 0 aliphatic carbocycles. The first-order chi connectivity index (χ1) is 12.9. The third-order valence-electron chi connectivity index (χ3n) is 5.83. The molecule has 2 amide bonds. The van der Waals surface area contributed by atoms with Gasteiger partial charge < -0.3 is 15.1 Å². The van der Waals surface area contributed by atoms with Crippen molar-refractivity contribution in [3.05, 3.63) is 35.6 Å². The van der Waals surface area contributed by atoms with Crippen LogP contribution in [0.15, 0.2) is 24.3 Å². The normalized spacial score (nSPS) is 24.6. The van der Waals surface area contributed by atoms with E-state index in [0.717, 1.165) is 44.5 Å². The molecule has 0 saturated carbocycles. The second kappa shape index (κ2) is 8.83. The number of benzene rings is 1. The molecule has 1 aromatic rings. The summed E-state index contributed by atoms with van der Waals surface area (Å²) in [5, 5.41) is 3.63. The lowest BCUT2D eigenvalue weighted by atomic mass is 9.79. The van der Waals surface area contributed by atoms with E-state index in [1.54, 1.807) is 31.1 Å². The van der Waals surface area contributed by atoms with E-state index in [0.29, 0.717) is 30.7 Å². The van der Waals surface area contributed by atoms with Gasteiger partial charge in [0, 0.05) is 39.6 Å². The summed E-state index contributed by atoms with van der Waals surface area (Å²) in [5.74, 6) is 0.966. The maximum absolute atomic E-state index is 13.0. The average molecular weight is 375 g/mol. The third-order valence-corrected chi connectivity index (χ3v) is 5.83. The standard InChI is InChI=1S/C21H30FN3O2/c1-24(2)20(26)5-3-4-19-17-10-16(12-23-19)13-25(14-17)21(27)11-15-6-8-18(22)9-7-15/h6-9,16-17,19,23H,3-5,10-14H2,1-2H3/t16-,17+,19+/m0/s1. The second-order valence-corrected chi connectivity index (χ2v) is 8.16. The minimum absolute atomic E-state index is 0.125. The highest BCUT2D eigenvalue weighted by Crippen LogP contribution is 2.30. The van der Waals surface area contributed by atoms with Crippen molar-refractivity contribution < 1.29 is 14.0 Å². The number of hydrogen-bond acceptors (Lipinski definition) is 3. The zero-order valence-corrected chi connectivity index (χ0v) is 16.3. The lowest BCUT2D eigenvalue weighted by Crippen LogP contribution is -2.57. The summed E-state index contributed by atoms with van der Waals surface area (Å²) in [6.07, 6.45) is 3.90. The van der Waals surface area contributed by atoms with Crippen LogP contribution in [0.3, 0.4) is 0 Å². The molecule has 0 unspecified atom stereocenters. The van der Waals surface area contributed by atoms with Gasteiger partial charge in [-0.3, -0.25) is 9.59 Å². The summed E-state index contributed by atoms with van der Waals surface area (Å²) in [7, 11) is 3.58. The number of piperidine rings is 2. The molecule has 2 saturated heterocycles. The summed E-state index contributed by atoms with van der Waals surface area (Å²) >= 11 is 0. The van der Waals surface area contributed by atoms with Crippen molar-refractivity contribution in [3.63, 3.8) is 0 Å². The first-order valence-electron chi connectivity index (χ1n) is 9.88. The predicted octanol–water partition coefficient (Wildman–Crippen LogP) is 2.06. The molecular weight excluding hydrogens is 345 g/mol. The van der Waals surface area contributed by atoms with Gasteiger partial charge >= 0.3 is 0 Å². The molecule has 1 N–H and O–H groups in total. The Morgan fingerprint density at radius 2 is 1.96 bits per heavy atom. The Hall–Kier alpha value is -1.95. The van der Waals surface area contributed by atoms with Gasteiger partial charge in [-0.05, 0) is 55.3 Å². The van der Waals surface area contributed by atoms with Crippen LogP contribution in [0, 0.1) is 17.7 Å². The molecule has 3 rings (SSSR count). The van der Waals surface area contributed by atoms with E-state index in [1.807, 2.05) is 4.90 Å². The van der Waals surface area contributed by atoms with Gasteiger partial charge in [-0.15, -0.1) is 0 Å². The molecule has 2 heterocycles. The molecule has 2 aliphatic rings. The van der Waals surface area contributed by atoms with E-state index in [2.05, 4.69) is 5.32 Å². The molecule has 0 spiro atoms. The van der Waals surface area contributed by atoms with Crippen molar-refractivity contribution in [3.8, 4) is 0 Å². The van der Waals surface area contributed by atoms with E-state index in [1.165, 1.54) is 12.1 Å². The summed E-state index contributed by atoms with van der Waals surface area (Å²) < 4.78 is 13.0.